The SMILES string of the molecule is CC(Oc1ccc(F)c(F)c1)C(=O)NCC1CCN(Cc2cccs2)CC1. The predicted octanol–water partition coefficient (Wildman–Crippen LogP) is 3.82. The number of carbonyl (C=O) groups excluding carboxylic acids is 1. The first-order chi connectivity index (χ1) is 13.0. The van der Waals surface area contributed by atoms with Crippen molar-refractivity contribution < 1.29 is 18.3 Å². The van der Waals surface area contributed by atoms with Gasteiger partial charge in [-0.15, -0.1) is 11.3 Å². The fourth-order valence-corrected chi connectivity index (χ4v) is 3.91. The summed E-state index contributed by atoms with van der Waals surface area (Å²) in [4.78, 5) is 16.0. The number of likely N-dealkylation sites (tertiary alicyclic amines) is 1. The summed E-state index contributed by atoms with van der Waals surface area (Å²) in [5.74, 6) is -1.59. The number of rotatable bonds is 7. The van der Waals surface area contributed by atoms with E-state index < -0.39 is 17.7 Å². The molecule has 1 saturated heterocycles. The highest BCUT2D eigenvalue weighted by atomic mass is 32.1. The fraction of sp³-hybridized carbons (Fsp3) is 0.450. The average Bonchev–Trinajstić information content (AvgIpc) is 3.17. The van der Waals surface area contributed by atoms with Gasteiger partial charge in [-0.2, -0.15) is 0 Å². The molecule has 146 valence electrons. The Kier molecular flexibility index (Phi) is 6.79. The third-order valence-electron chi connectivity index (χ3n) is 4.80. The molecule has 27 heavy (non-hydrogen) atoms. The molecule has 1 fully saturated rings. The fourth-order valence-electron chi connectivity index (χ4n) is 3.17. The van der Waals surface area contributed by atoms with Crippen molar-refractivity contribution in [2.45, 2.75) is 32.4 Å². The standard InChI is InChI=1S/C20H24F2N2O2S/c1-14(26-16-4-5-18(21)19(22)11-16)20(25)23-12-15-6-8-24(9-7-15)13-17-3-2-10-27-17/h2-5,10-11,14-15H,6-9,12-13H2,1H3,(H,23,25). The summed E-state index contributed by atoms with van der Waals surface area (Å²) in [7, 11) is 0. The van der Waals surface area contributed by atoms with Gasteiger partial charge < -0.3 is 10.1 Å². The molecule has 3 rings (SSSR count). The minimum absolute atomic E-state index is 0.137. The van der Waals surface area contributed by atoms with Crippen LogP contribution in [0, 0.1) is 17.6 Å². The van der Waals surface area contributed by atoms with Crippen LogP contribution in [0.3, 0.4) is 0 Å². The summed E-state index contributed by atoms with van der Waals surface area (Å²) < 4.78 is 31.6. The monoisotopic (exact) mass is 394 g/mol. The molecule has 7 heteroatoms. The van der Waals surface area contributed by atoms with Crippen LogP contribution in [0.5, 0.6) is 5.75 Å². The predicted molar refractivity (Wildman–Crippen MR) is 102 cm³/mol. The van der Waals surface area contributed by atoms with E-state index in [2.05, 4.69) is 27.7 Å². The lowest BCUT2D eigenvalue weighted by Gasteiger charge is -2.31. The van der Waals surface area contributed by atoms with Gasteiger partial charge in [0.05, 0.1) is 0 Å². The summed E-state index contributed by atoms with van der Waals surface area (Å²) in [6.07, 6.45) is 1.32. The van der Waals surface area contributed by atoms with Crippen LogP contribution in [0.1, 0.15) is 24.6 Å². The van der Waals surface area contributed by atoms with E-state index in [9.17, 15) is 13.6 Å². The molecule has 2 aromatic rings. The van der Waals surface area contributed by atoms with Gasteiger partial charge in [-0.05, 0) is 62.4 Å². The van der Waals surface area contributed by atoms with Crippen LogP contribution in [0.25, 0.3) is 0 Å². The van der Waals surface area contributed by atoms with E-state index in [1.54, 1.807) is 18.3 Å². The lowest BCUT2D eigenvalue weighted by atomic mass is 9.96. The maximum Gasteiger partial charge on any atom is 0.260 e. The van der Waals surface area contributed by atoms with Gasteiger partial charge in [0.2, 0.25) is 0 Å². The number of carbonyl (C=O) groups is 1. The maximum absolute atomic E-state index is 13.2. The maximum atomic E-state index is 13.2. The van der Waals surface area contributed by atoms with Gasteiger partial charge in [0.1, 0.15) is 5.75 Å². The molecule has 0 aliphatic carbocycles. The van der Waals surface area contributed by atoms with Crippen molar-refractivity contribution in [2.24, 2.45) is 5.92 Å². The topological polar surface area (TPSA) is 41.6 Å². The van der Waals surface area contributed by atoms with Crippen molar-refractivity contribution in [3.63, 3.8) is 0 Å². The molecular formula is C20H24F2N2O2S. The van der Waals surface area contributed by atoms with E-state index in [0.717, 1.165) is 44.6 Å². The van der Waals surface area contributed by atoms with Crippen LogP contribution < -0.4 is 10.1 Å². The van der Waals surface area contributed by atoms with Crippen LogP contribution >= 0.6 is 11.3 Å². The van der Waals surface area contributed by atoms with Crippen molar-refractivity contribution >= 4 is 17.2 Å². The van der Waals surface area contributed by atoms with Crippen molar-refractivity contribution in [3.05, 3.63) is 52.2 Å². The second-order valence-electron chi connectivity index (χ2n) is 6.88. The van der Waals surface area contributed by atoms with E-state index in [0.29, 0.717) is 12.5 Å². The molecule has 0 bridgehead atoms. The molecule has 1 N–H and O–H groups in total. The largest absolute Gasteiger partial charge is 0.481 e. The van der Waals surface area contributed by atoms with Gasteiger partial charge in [-0.25, -0.2) is 8.78 Å². The van der Waals surface area contributed by atoms with E-state index in [1.165, 1.54) is 10.9 Å². The quantitative estimate of drug-likeness (QED) is 0.776. The normalized spacial score (nSPS) is 16.9. The number of piperidine rings is 1. The Hall–Kier alpha value is -1.99. The minimum Gasteiger partial charge on any atom is -0.481 e. The van der Waals surface area contributed by atoms with E-state index in [1.807, 2.05) is 0 Å². The summed E-state index contributed by atoms with van der Waals surface area (Å²) >= 11 is 1.78. The zero-order valence-electron chi connectivity index (χ0n) is 15.3. The molecule has 4 nitrogen and oxygen atoms in total. The summed E-state index contributed by atoms with van der Waals surface area (Å²) in [6.45, 7) is 5.26. The zero-order valence-corrected chi connectivity index (χ0v) is 16.1. The van der Waals surface area contributed by atoms with Crippen LogP contribution in [0.2, 0.25) is 0 Å². The first-order valence-corrected chi connectivity index (χ1v) is 10.0. The average molecular weight is 394 g/mol. The number of halogens is 2. The second-order valence-corrected chi connectivity index (χ2v) is 7.91. The van der Waals surface area contributed by atoms with Crippen molar-refractivity contribution in [2.75, 3.05) is 19.6 Å². The lowest BCUT2D eigenvalue weighted by Crippen LogP contribution is -2.42. The van der Waals surface area contributed by atoms with Gasteiger partial charge in [-0.3, -0.25) is 9.69 Å². The highest BCUT2D eigenvalue weighted by Gasteiger charge is 2.22. The van der Waals surface area contributed by atoms with Gasteiger partial charge in [0.25, 0.3) is 5.91 Å². The molecule has 0 spiro atoms. The van der Waals surface area contributed by atoms with Crippen molar-refractivity contribution in [1.82, 2.24) is 10.2 Å². The number of benzene rings is 1. The van der Waals surface area contributed by atoms with Crippen molar-refractivity contribution in [3.8, 4) is 5.75 Å². The first-order valence-electron chi connectivity index (χ1n) is 9.15. The minimum atomic E-state index is -0.991. The number of amides is 1. The van der Waals surface area contributed by atoms with Crippen LogP contribution in [0.4, 0.5) is 8.78 Å². The highest BCUT2D eigenvalue weighted by Crippen LogP contribution is 2.20. The summed E-state index contributed by atoms with van der Waals surface area (Å²) in [6, 6.07) is 7.48. The molecule has 0 radical (unpaired) electrons. The third-order valence-corrected chi connectivity index (χ3v) is 5.67. The van der Waals surface area contributed by atoms with Crippen LogP contribution in [-0.4, -0.2) is 36.5 Å². The summed E-state index contributed by atoms with van der Waals surface area (Å²) in [5, 5.41) is 5.01. The smallest absolute Gasteiger partial charge is 0.260 e. The molecule has 2 heterocycles. The van der Waals surface area contributed by atoms with Gasteiger partial charge in [0.15, 0.2) is 17.7 Å². The molecule has 1 atom stereocenters. The lowest BCUT2D eigenvalue weighted by molar-refractivity contribution is -0.127. The molecule has 1 aliphatic heterocycles. The third kappa shape index (κ3) is 5.74. The van der Waals surface area contributed by atoms with Gasteiger partial charge >= 0.3 is 0 Å². The number of thiophene rings is 1. The number of nitrogens with one attached hydrogen (secondary N) is 1. The Morgan fingerprint density at radius 2 is 2.07 bits per heavy atom. The Balaban J connectivity index is 1.38. The Morgan fingerprint density at radius 3 is 2.74 bits per heavy atom. The second kappa shape index (κ2) is 9.28. The molecular weight excluding hydrogens is 370 g/mol. The van der Waals surface area contributed by atoms with E-state index in [4.69, 9.17) is 4.74 Å². The molecule has 1 aliphatic rings. The van der Waals surface area contributed by atoms with Crippen LogP contribution in [0.15, 0.2) is 35.7 Å². The molecule has 0 saturated carbocycles. The van der Waals surface area contributed by atoms with Gasteiger partial charge in [-0.1, -0.05) is 6.07 Å². The number of hydrogen-bond acceptors (Lipinski definition) is 4. The first kappa shape index (κ1) is 19.8. The number of ether oxygens (including phenoxy) is 1. The zero-order chi connectivity index (χ0) is 19.2. The van der Waals surface area contributed by atoms with E-state index >= 15 is 0 Å². The molecule has 1 unspecified atom stereocenters. The van der Waals surface area contributed by atoms with Crippen LogP contribution in [-0.2, 0) is 11.3 Å². The molecule has 1 amide bonds. The Labute approximate surface area is 162 Å². The van der Waals surface area contributed by atoms with Crippen molar-refractivity contribution in [1.29, 1.82) is 0 Å². The molecule has 1 aromatic carbocycles. The Bertz CT molecular complexity index is 746. The Morgan fingerprint density at radius 1 is 1.30 bits per heavy atom. The molecule has 1 aromatic heterocycles. The highest BCUT2D eigenvalue weighted by molar-refractivity contribution is 7.09. The van der Waals surface area contributed by atoms with E-state index in [-0.39, 0.29) is 11.7 Å². The van der Waals surface area contributed by atoms with Gasteiger partial charge in [0, 0.05) is 24.0 Å². The summed E-state index contributed by atoms with van der Waals surface area (Å²) in [5.41, 5.74) is 0. The number of nitrogens with zero attached hydrogens (tertiary/aromatic N) is 1. The number of hydrogen-bond donors (Lipinski definition) is 1.